The van der Waals surface area contributed by atoms with Crippen LogP contribution in [0, 0.1) is 0 Å². The van der Waals surface area contributed by atoms with Gasteiger partial charge in [0.25, 0.3) is 0 Å². The van der Waals surface area contributed by atoms with E-state index in [4.69, 9.17) is 17.3 Å². The summed E-state index contributed by atoms with van der Waals surface area (Å²) < 4.78 is 0. The van der Waals surface area contributed by atoms with Crippen LogP contribution >= 0.6 is 11.6 Å². The van der Waals surface area contributed by atoms with Crippen LogP contribution in [0.15, 0.2) is 18.2 Å². The molecule has 0 spiro atoms. The minimum absolute atomic E-state index is 0.199. The smallest absolute Gasteiger partial charge is 0.0642 e. The largest absolute Gasteiger partial charge is 0.368 e. The van der Waals surface area contributed by atoms with Crippen molar-refractivity contribution in [3.8, 4) is 0 Å². The van der Waals surface area contributed by atoms with Crippen molar-refractivity contribution in [1.29, 1.82) is 0 Å². The first-order valence-electron chi connectivity index (χ1n) is 7.58. The molecule has 0 unspecified atom stereocenters. The van der Waals surface area contributed by atoms with Gasteiger partial charge in [0.2, 0.25) is 0 Å². The molecule has 0 bridgehead atoms. The number of rotatable bonds is 3. The molecule has 0 aromatic heterocycles. The lowest BCUT2D eigenvalue weighted by molar-refractivity contribution is 0.253. The molecule has 2 aliphatic rings. The average molecular weight is 294 g/mol. The predicted molar refractivity (Wildman–Crippen MR) is 85.7 cm³/mol. The van der Waals surface area contributed by atoms with Crippen LogP contribution in [0.25, 0.3) is 0 Å². The molecule has 1 saturated heterocycles. The Morgan fingerprint density at radius 1 is 1.20 bits per heavy atom. The predicted octanol–water partition coefficient (Wildman–Crippen LogP) is 2.47. The molecule has 1 aromatic carbocycles. The second-order valence-electron chi connectivity index (χ2n) is 6.29. The van der Waals surface area contributed by atoms with E-state index in [9.17, 15) is 0 Å². The zero-order valence-electron chi connectivity index (χ0n) is 12.2. The lowest BCUT2D eigenvalue weighted by Crippen LogP contribution is -2.44. The maximum absolute atomic E-state index is 6.55. The highest BCUT2D eigenvalue weighted by Crippen LogP contribution is 2.44. The van der Waals surface area contributed by atoms with Crippen LogP contribution in [0.3, 0.4) is 0 Å². The van der Waals surface area contributed by atoms with E-state index >= 15 is 0 Å². The molecule has 3 rings (SSSR count). The van der Waals surface area contributed by atoms with Gasteiger partial charge in [-0.2, -0.15) is 0 Å². The first-order chi connectivity index (χ1) is 9.64. The maximum Gasteiger partial charge on any atom is 0.0642 e. The lowest BCUT2D eigenvalue weighted by atomic mass is 9.64. The summed E-state index contributed by atoms with van der Waals surface area (Å²) in [6.45, 7) is 5.04. The standard InChI is InChI=1S/C16H24ClN3/c1-19-7-9-20(10-8-19)15-4-3-13(11-14(15)17)16(12-18)5-2-6-16/h3-4,11H,2,5-10,12,18H2,1H3. The molecule has 0 atom stereocenters. The molecule has 1 saturated carbocycles. The van der Waals surface area contributed by atoms with E-state index in [1.54, 1.807) is 0 Å². The Kier molecular flexibility index (Phi) is 3.93. The molecular formula is C16H24ClN3. The van der Waals surface area contributed by atoms with Crippen LogP contribution in [0.5, 0.6) is 0 Å². The highest BCUT2D eigenvalue weighted by Gasteiger charge is 2.37. The van der Waals surface area contributed by atoms with Crippen molar-refractivity contribution in [2.75, 3.05) is 44.7 Å². The van der Waals surface area contributed by atoms with Gasteiger partial charge in [0, 0.05) is 38.1 Å². The summed E-state index contributed by atoms with van der Waals surface area (Å²) in [4.78, 5) is 4.75. The van der Waals surface area contributed by atoms with Crippen molar-refractivity contribution in [3.05, 3.63) is 28.8 Å². The minimum Gasteiger partial charge on any atom is -0.368 e. The Hall–Kier alpha value is -0.770. The maximum atomic E-state index is 6.55. The third kappa shape index (κ3) is 2.43. The Balaban J connectivity index is 1.81. The molecule has 20 heavy (non-hydrogen) atoms. The van der Waals surface area contributed by atoms with Crippen LogP contribution in [0.2, 0.25) is 5.02 Å². The van der Waals surface area contributed by atoms with Crippen molar-refractivity contribution in [3.63, 3.8) is 0 Å². The highest BCUT2D eigenvalue weighted by molar-refractivity contribution is 6.33. The molecule has 1 aliphatic heterocycles. The first kappa shape index (κ1) is 14.2. The van der Waals surface area contributed by atoms with Crippen molar-refractivity contribution in [2.45, 2.75) is 24.7 Å². The zero-order valence-corrected chi connectivity index (χ0v) is 13.0. The molecule has 3 nitrogen and oxygen atoms in total. The van der Waals surface area contributed by atoms with Gasteiger partial charge in [-0.15, -0.1) is 0 Å². The molecule has 1 aliphatic carbocycles. The minimum atomic E-state index is 0.199. The summed E-state index contributed by atoms with van der Waals surface area (Å²) in [5, 5.41) is 0.881. The van der Waals surface area contributed by atoms with Crippen LogP contribution in [-0.2, 0) is 5.41 Å². The number of anilines is 1. The van der Waals surface area contributed by atoms with Crippen molar-refractivity contribution in [2.24, 2.45) is 5.73 Å². The van der Waals surface area contributed by atoms with Gasteiger partial charge < -0.3 is 15.5 Å². The number of nitrogens with zero attached hydrogens (tertiary/aromatic N) is 2. The van der Waals surface area contributed by atoms with E-state index in [0.29, 0.717) is 0 Å². The van der Waals surface area contributed by atoms with Gasteiger partial charge in [0.1, 0.15) is 0 Å². The Bertz CT molecular complexity index is 471. The van der Waals surface area contributed by atoms with E-state index in [2.05, 4.69) is 35.0 Å². The monoisotopic (exact) mass is 293 g/mol. The van der Waals surface area contributed by atoms with Crippen LogP contribution in [0.4, 0.5) is 5.69 Å². The van der Waals surface area contributed by atoms with E-state index in [1.165, 1.54) is 30.5 Å². The molecule has 0 radical (unpaired) electrons. The molecule has 2 fully saturated rings. The van der Waals surface area contributed by atoms with Gasteiger partial charge in [-0.05, 0) is 37.6 Å². The summed E-state index contributed by atoms with van der Waals surface area (Å²) in [5.74, 6) is 0. The number of benzene rings is 1. The van der Waals surface area contributed by atoms with E-state index in [1.807, 2.05) is 0 Å². The number of hydrogen-bond donors (Lipinski definition) is 1. The van der Waals surface area contributed by atoms with Crippen LogP contribution in [-0.4, -0.2) is 44.7 Å². The van der Waals surface area contributed by atoms with Gasteiger partial charge >= 0.3 is 0 Å². The van der Waals surface area contributed by atoms with Gasteiger partial charge in [-0.3, -0.25) is 0 Å². The van der Waals surface area contributed by atoms with Gasteiger partial charge in [0.05, 0.1) is 10.7 Å². The van der Waals surface area contributed by atoms with Crippen molar-refractivity contribution in [1.82, 2.24) is 4.90 Å². The first-order valence-corrected chi connectivity index (χ1v) is 7.96. The summed E-state index contributed by atoms with van der Waals surface area (Å²) in [6.07, 6.45) is 3.69. The van der Waals surface area contributed by atoms with E-state index in [-0.39, 0.29) is 5.41 Å². The number of halogens is 1. The fraction of sp³-hybridized carbons (Fsp3) is 0.625. The Labute approximate surface area is 126 Å². The normalized spacial score (nSPS) is 22.6. The summed E-state index contributed by atoms with van der Waals surface area (Å²) >= 11 is 6.55. The topological polar surface area (TPSA) is 32.5 Å². The van der Waals surface area contributed by atoms with Gasteiger partial charge in [-0.1, -0.05) is 24.1 Å². The van der Waals surface area contributed by atoms with Crippen molar-refractivity contribution >= 4 is 17.3 Å². The zero-order chi connectivity index (χ0) is 14.2. The summed E-state index contributed by atoms with van der Waals surface area (Å²) in [7, 11) is 2.17. The number of nitrogens with two attached hydrogens (primary N) is 1. The molecule has 4 heteroatoms. The van der Waals surface area contributed by atoms with Gasteiger partial charge in [-0.25, -0.2) is 0 Å². The molecule has 0 amide bonds. The third-order valence-electron chi connectivity index (χ3n) is 5.11. The fourth-order valence-corrected chi connectivity index (χ4v) is 3.65. The van der Waals surface area contributed by atoms with Crippen molar-refractivity contribution < 1.29 is 0 Å². The second-order valence-corrected chi connectivity index (χ2v) is 6.70. The molecule has 110 valence electrons. The SMILES string of the molecule is CN1CCN(c2ccc(C3(CN)CCC3)cc2Cl)CC1. The third-order valence-corrected chi connectivity index (χ3v) is 5.41. The quantitative estimate of drug-likeness (QED) is 0.929. The molecule has 1 aromatic rings. The van der Waals surface area contributed by atoms with E-state index in [0.717, 1.165) is 37.7 Å². The summed E-state index contributed by atoms with van der Waals surface area (Å²) in [6, 6.07) is 6.59. The Morgan fingerprint density at radius 2 is 1.90 bits per heavy atom. The molecule has 2 N–H and O–H groups in total. The van der Waals surface area contributed by atoms with Crippen LogP contribution < -0.4 is 10.6 Å². The molecular weight excluding hydrogens is 270 g/mol. The summed E-state index contributed by atoms with van der Waals surface area (Å²) in [5.41, 5.74) is 8.69. The van der Waals surface area contributed by atoms with Gasteiger partial charge in [0.15, 0.2) is 0 Å². The average Bonchev–Trinajstić information content (AvgIpc) is 2.40. The number of hydrogen-bond acceptors (Lipinski definition) is 3. The number of likely N-dealkylation sites (N-methyl/N-ethyl adjacent to an activating group) is 1. The molecule has 1 heterocycles. The second kappa shape index (κ2) is 5.55. The highest BCUT2D eigenvalue weighted by atomic mass is 35.5. The van der Waals surface area contributed by atoms with E-state index < -0.39 is 0 Å². The lowest BCUT2D eigenvalue weighted by Gasteiger charge is -2.42. The number of piperazine rings is 1. The Morgan fingerprint density at radius 3 is 2.40 bits per heavy atom. The fourth-order valence-electron chi connectivity index (χ4n) is 3.35. The van der Waals surface area contributed by atoms with Crippen LogP contribution in [0.1, 0.15) is 24.8 Å².